The van der Waals surface area contributed by atoms with Gasteiger partial charge in [-0.25, -0.2) is 4.68 Å². The summed E-state index contributed by atoms with van der Waals surface area (Å²) in [7, 11) is 0. The highest BCUT2D eigenvalue weighted by Gasteiger charge is 2.28. The van der Waals surface area contributed by atoms with E-state index < -0.39 is 0 Å². The Labute approximate surface area is 135 Å². The van der Waals surface area contributed by atoms with Gasteiger partial charge in [0.1, 0.15) is 0 Å². The molecule has 0 saturated carbocycles. The number of nitrogens with zero attached hydrogens (tertiary/aromatic N) is 4. The van der Waals surface area contributed by atoms with E-state index in [1.807, 2.05) is 40.0 Å². The Morgan fingerprint density at radius 2 is 1.91 bits per heavy atom. The van der Waals surface area contributed by atoms with E-state index in [9.17, 15) is 4.79 Å². The third-order valence-corrected chi connectivity index (χ3v) is 4.27. The van der Waals surface area contributed by atoms with E-state index in [4.69, 9.17) is 11.5 Å². The Balaban J connectivity index is 1.58. The van der Waals surface area contributed by atoms with Gasteiger partial charge < -0.3 is 16.4 Å². The summed E-state index contributed by atoms with van der Waals surface area (Å²) in [4.78, 5) is 14.3. The number of carbonyl (C=O) groups excluding carboxylic acids is 1. The maximum Gasteiger partial charge on any atom is 0.227 e. The number of benzene rings is 1. The smallest absolute Gasteiger partial charge is 0.227 e. The number of aromatic nitrogens is 3. The Bertz CT molecular complexity index is 665. The molecule has 1 aromatic carbocycles. The van der Waals surface area contributed by atoms with E-state index in [-0.39, 0.29) is 11.9 Å². The van der Waals surface area contributed by atoms with E-state index in [1.54, 1.807) is 0 Å². The van der Waals surface area contributed by atoms with Gasteiger partial charge in [0.2, 0.25) is 5.91 Å². The molecule has 0 bridgehead atoms. The molecule has 0 aliphatic carbocycles. The fourth-order valence-electron chi connectivity index (χ4n) is 2.85. The first-order valence-corrected chi connectivity index (χ1v) is 7.86. The molecule has 7 nitrogen and oxygen atoms in total. The number of hydrogen-bond acceptors (Lipinski definition) is 5. The predicted octanol–water partition coefficient (Wildman–Crippen LogP) is 0.212. The lowest BCUT2D eigenvalue weighted by atomic mass is 10.1. The van der Waals surface area contributed by atoms with E-state index in [1.165, 1.54) is 0 Å². The third kappa shape index (κ3) is 3.57. The fourth-order valence-corrected chi connectivity index (χ4v) is 2.85. The number of likely N-dealkylation sites (tertiary alicyclic amines) is 1. The number of nitrogens with two attached hydrogens (primary N) is 2. The lowest BCUT2D eigenvalue weighted by molar-refractivity contribution is -0.129. The summed E-state index contributed by atoms with van der Waals surface area (Å²) < 4.78 is 1.82. The molecule has 0 radical (unpaired) electrons. The van der Waals surface area contributed by atoms with Crippen LogP contribution in [0.15, 0.2) is 30.5 Å². The molecule has 4 N–H and O–H groups in total. The van der Waals surface area contributed by atoms with Crippen LogP contribution in [0.25, 0.3) is 0 Å². The minimum Gasteiger partial charge on any atom is -0.340 e. The zero-order chi connectivity index (χ0) is 16.2. The van der Waals surface area contributed by atoms with Gasteiger partial charge in [-0.15, -0.1) is 5.10 Å². The summed E-state index contributed by atoms with van der Waals surface area (Å²) in [6.07, 6.45) is 3.18. The molecule has 1 saturated heterocycles. The van der Waals surface area contributed by atoms with Gasteiger partial charge in [-0.1, -0.05) is 29.5 Å². The average molecular weight is 314 g/mol. The van der Waals surface area contributed by atoms with Crippen LogP contribution in [-0.4, -0.2) is 38.9 Å². The minimum absolute atomic E-state index is 0.146. The molecule has 1 atom stereocenters. The molecule has 1 aromatic heterocycles. The third-order valence-electron chi connectivity index (χ3n) is 4.27. The lowest BCUT2D eigenvalue weighted by Crippen LogP contribution is -2.30. The van der Waals surface area contributed by atoms with Crippen LogP contribution < -0.4 is 11.5 Å². The predicted molar refractivity (Wildman–Crippen MR) is 86.2 cm³/mol. The molecule has 2 aromatic rings. The summed E-state index contributed by atoms with van der Waals surface area (Å²) in [5.74, 6) is 0.146. The first kappa shape index (κ1) is 15.6. The van der Waals surface area contributed by atoms with E-state index >= 15 is 0 Å². The van der Waals surface area contributed by atoms with Crippen molar-refractivity contribution in [3.63, 3.8) is 0 Å². The van der Waals surface area contributed by atoms with Crippen LogP contribution in [0.1, 0.15) is 29.3 Å². The van der Waals surface area contributed by atoms with Crippen LogP contribution in [0, 0.1) is 0 Å². The highest BCUT2D eigenvalue weighted by Crippen LogP contribution is 2.21. The molecule has 1 aliphatic rings. The van der Waals surface area contributed by atoms with Crippen molar-refractivity contribution < 1.29 is 4.79 Å². The highest BCUT2D eigenvalue weighted by atomic mass is 16.2. The number of hydrogen-bond donors (Lipinski definition) is 2. The molecular weight excluding hydrogens is 292 g/mol. The topological polar surface area (TPSA) is 103 Å². The molecule has 1 aliphatic heterocycles. The molecule has 0 spiro atoms. The molecule has 7 heteroatoms. The lowest BCUT2D eigenvalue weighted by Gasteiger charge is -2.16. The van der Waals surface area contributed by atoms with Gasteiger partial charge in [0, 0.05) is 26.2 Å². The Hall–Kier alpha value is -2.25. The van der Waals surface area contributed by atoms with Crippen molar-refractivity contribution >= 4 is 5.91 Å². The van der Waals surface area contributed by atoms with Crippen molar-refractivity contribution in [2.24, 2.45) is 11.5 Å². The zero-order valence-electron chi connectivity index (χ0n) is 13.1. The molecule has 2 heterocycles. The van der Waals surface area contributed by atoms with Crippen LogP contribution in [0.3, 0.4) is 0 Å². The number of rotatable bonds is 5. The summed E-state index contributed by atoms with van der Waals surface area (Å²) in [6.45, 7) is 2.33. The quantitative estimate of drug-likeness (QED) is 0.821. The first-order valence-electron chi connectivity index (χ1n) is 7.86. The maximum atomic E-state index is 12.4. The van der Waals surface area contributed by atoms with Gasteiger partial charge >= 0.3 is 0 Å². The summed E-state index contributed by atoms with van der Waals surface area (Å²) >= 11 is 0. The van der Waals surface area contributed by atoms with Gasteiger partial charge in [0.05, 0.1) is 24.4 Å². The second-order valence-corrected chi connectivity index (χ2v) is 5.87. The van der Waals surface area contributed by atoms with Crippen molar-refractivity contribution in [3.8, 4) is 0 Å². The summed E-state index contributed by atoms with van der Waals surface area (Å²) in [6, 6.07) is 8.07. The van der Waals surface area contributed by atoms with Gasteiger partial charge in [0.15, 0.2) is 0 Å². The van der Waals surface area contributed by atoms with Crippen LogP contribution in [-0.2, 0) is 24.3 Å². The van der Waals surface area contributed by atoms with Crippen molar-refractivity contribution in [2.75, 3.05) is 13.1 Å². The standard InChI is InChI=1S/C16H22N6O/c17-8-13-3-1-12(2-4-13)7-16(23)21-6-5-15(11-21)22-10-14(9-18)19-20-22/h1-4,10,15H,5-9,11,17-18H2. The number of amides is 1. The maximum absolute atomic E-state index is 12.4. The molecule has 1 amide bonds. The molecule has 23 heavy (non-hydrogen) atoms. The zero-order valence-corrected chi connectivity index (χ0v) is 13.1. The van der Waals surface area contributed by atoms with Gasteiger partial charge in [0.25, 0.3) is 0 Å². The summed E-state index contributed by atoms with van der Waals surface area (Å²) in [5, 5.41) is 8.11. The van der Waals surface area contributed by atoms with Crippen molar-refractivity contribution in [1.82, 2.24) is 19.9 Å². The SMILES string of the molecule is NCc1ccc(CC(=O)N2CCC(n3cc(CN)nn3)C2)cc1. The highest BCUT2D eigenvalue weighted by molar-refractivity contribution is 5.79. The summed E-state index contributed by atoms with van der Waals surface area (Å²) in [5.41, 5.74) is 14.0. The second kappa shape index (κ2) is 6.89. The van der Waals surface area contributed by atoms with Gasteiger partial charge in [-0.2, -0.15) is 0 Å². The largest absolute Gasteiger partial charge is 0.340 e. The Kier molecular flexibility index (Phi) is 4.68. The van der Waals surface area contributed by atoms with Crippen LogP contribution in [0.4, 0.5) is 0 Å². The number of carbonyl (C=O) groups is 1. The van der Waals surface area contributed by atoms with Crippen molar-refractivity contribution in [3.05, 3.63) is 47.3 Å². The fraction of sp³-hybridized carbons (Fsp3) is 0.438. The van der Waals surface area contributed by atoms with E-state index in [0.717, 1.165) is 29.8 Å². The molecule has 1 fully saturated rings. The minimum atomic E-state index is 0.146. The Morgan fingerprint density at radius 3 is 2.57 bits per heavy atom. The van der Waals surface area contributed by atoms with E-state index in [0.29, 0.717) is 26.1 Å². The second-order valence-electron chi connectivity index (χ2n) is 5.87. The van der Waals surface area contributed by atoms with E-state index in [2.05, 4.69) is 10.3 Å². The molecular formula is C16H22N6O. The van der Waals surface area contributed by atoms with Crippen LogP contribution in [0.2, 0.25) is 0 Å². The normalized spacial score (nSPS) is 17.7. The molecule has 1 unspecified atom stereocenters. The van der Waals surface area contributed by atoms with Crippen molar-refractivity contribution in [2.45, 2.75) is 32.0 Å². The Morgan fingerprint density at radius 1 is 1.17 bits per heavy atom. The first-order chi connectivity index (χ1) is 11.2. The van der Waals surface area contributed by atoms with Gasteiger partial charge in [-0.05, 0) is 17.5 Å². The van der Waals surface area contributed by atoms with Crippen LogP contribution in [0.5, 0.6) is 0 Å². The molecule has 3 rings (SSSR count). The average Bonchev–Trinajstić information content (AvgIpc) is 3.24. The molecule has 122 valence electrons. The van der Waals surface area contributed by atoms with Crippen LogP contribution >= 0.6 is 0 Å². The monoisotopic (exact) mass is 314 g/mol. The van der Waals surface area contributed by atoms with Crippen molar-refractivity contribution in [1.29, 1.82) is 0 Å². The van der Waals surface area contributed by atoms with Gasteiger partial charge in [-0.3, -0.25) is 4.79 Å².